The SMILES string of the molecule is c1ccc2c(c1)CCCC2NCc1ccc(-n2cccn2)cc1. The van der Waals surface area contributed by atoms with Gasteiger partial charge in [-0.05, 0) is 54.2 Å². The van der Waals surface area contributed by atoms with Gasteiger partial charge in [-0.2, -0.15) is 5.10 Å². The number of aryl methyl sites for hydroxylation is 1. The molecule has 1 heterocycles. The Morgan fingerprint density at radius 3 is 2.74 bits per heavy atom. The standard InChI is InChI=1S/C20H21N3/c1-2-7-19-17(5-1)6-3-8-20(19)21-15-16-9-11-18(12-10-16)23-14-4-13-22-23/h1-2,4-5,7,9-14,20-21H,3,6,8,15H2. The van der Waals surface area contributed by atoms with Gasteiger partial charge in [0.15, 0.2) is 0 Å². The number of nitrogens with one attached hydrogen (secondary N) is 1. The monoisotopic (exact) mass is 303 g/mol. The molecule has 1 aliphatic carbocycles. The van der Waals surface area contributed by atoms with Crippen LogP contribution in [0.15, 0.2) is 67.0 Å². The second kappa shape index (κ2) is 6.39. The van der Waals surface area contributed by atoms with E-state index in [1.54, 1.807) is 6.20 Å². The predicted octanol–water partition coefficient (Wildman–Crippen LogP) is 4.04. The number of rotatable bonds is 4. The summed E-state index contributed by atoms with van der Waals surface area (Å²) in [5.41, 5.74) is 5.39. The van der Waals surface area contributed by atoms with Crippen molar-refractivity contribution in [3.05, 3.63) is 83.7 Å². The second-order valence-electron chi connectivity index (χ2n) is 6.14. The van der Waals surface area contributed by atoms with E-state index in [4.69, 9.17) is 0 Å². The number of hydrogen-bond donors (Lipinski definition) is 1. The molecule has 1 aliphatic rings. The van der Waals surface area contributed by atoms with Crippen molar-refractivity contribution < 1.29 is 0 Å². The third-order valence-electron chi connectivity index (χ3n) is 4.63. The highest BCUT2D eigenvalue weighted by atomic mass is 15.3. The van der Waals surface area contributed by atoms with Crippen molar-refractivity contribution in [3.63, 3.8) is 0 Å². The van der Waals surface area contributed by atoms with Gasteiger partial charge in [0, 0.05) is 25.0 Å². The van der Waals surface area contributed by atoms with Gasteiger partial charge in [-0.15, -0.1) is 0 Å². The van der Waals surface area contributed by atoms with Gasteiger partial charge in [0.25, 0.3) is 0 Å². The average molecular weight is 303 g/mol. The minimum atomic E-state index is 0.478. The number of nitrogens with zero attached hydrogens (tertiary/aromatic N) is 2. The van der Waals surface area contributed by atoms with E-state index in [0.717, 1.165) is 12.2 Å². The van der Waals surface area contributed by atoms with Gasteiger partial charge in [-0.25, -0.2) is 4.68 Å². The molecule has 1 unspecified atom stereocenters. The molecule has 116 valence electrons. The van der Waals surface area contributed by atoms with Crippen LogP contribution in [0.3, 0.4) is 0 Å². The van der Waals surface area contributed by atoms with Crippen LogP contribution in [0, 0.1) is 0 Å². The van der Waals surface area contributed by atoms with E-state index in [1.165, 1.54) is 36.0 Å². The fourth-order valence-corrected chi connectivity index (χ4v) is 3.40. The van der Waals surface area contributed by atoms with E-state index in [-0.39, 0.29) is 0 Å². The molecule has 3 heteroatoms. The van der Waals surface area contributed by atoms with Crippen molar-refractivity contribution in [2.24, 2.45) is 0 Å². The molecule has 1 atom stereocenters. The van der Waals surface area contributed by atoms with Crippen LogP contribution in [0.25, 0.3) is 5.69 Å². The molecule has 0 amide bonds. The Morgan fingerprint density at radius 1 is 1.04 bits per heavy atom. The normalized spacial score (nSPS) is 17.0. The van der Waals surface area contributed by atoms with Crippen molar-refractivity contribution in [2.45, 2.75) is 31.8 Å². The molecule has 0 aliphatic heterocycles. The summed E-state index contributed by atoms with van der Waals surface area (Å²) < 4.78 is 1.88. The zero-order chi connectivity index (χ0) is 15.5. The first kappa shape index (κ1) is 14.2. The molecular formula is C20H21N3. The average Bonchev–Trinajstić information content (AvgIpc) is 3.15. The van der Waals surface area contributed by atoms with Gasteiger partial charge in [0.05, 0.1) is 5.69 Å². The lowest BCUT2D eigenvalue weighted by Gasteiger charge is -2.26. The van der Waals surface area contributed by atoms with Crippen molar-refractivity contribution in [1.29, 1.82) is 0 Å². The smallest absolute Gasteiger partial charge is 0.0645 e. The third-order valence-corrected chi connectivity index (χ3v) is 4.63. The van der Waals surface area contributed by atoms with E-state index in [0.29, 0.717) is 6.04 Å². The van der Waals surface area contributed by atoms with Crippen LogP contribution in [0.2, 0.25) is 0 Å². The summed E-state index contributed by atoms with van der Waals surface area (Å²) in [7, 11) is 0. The number of fused-ring (bicyclic) bond motifs is 1. The van der Waals surface area contributed by atoms with Crippen LogP contribution in [0.5, 0.6) is 0 Å². The minimum absolute atomic E-state index is 0.478. The topological polar surface area (TPSA) is 29.9 Å². The molecule has 1 N–H and O–H groups in total. The highest BCUT2D eigenvalue weighted by Gasteiger charge is 2.18. The lowest BCUT2D eigenvalue weighted by Crippen LogP contribution is -2.24. The molecule has 3 aromatic rings. The molecule has 0 saturated heterocycles. The summed E-state index contributed by atoms with van der Waals surface area (Å²) in [5, 5.41) is 7.99. The molecule has 0 fully saturated rings. The molecule has 3 nitrogen and oxygen atoms in total. The van der Waals surface area contributed by atoms with Crippen molar-refractivity contribution in [1.82, 2.24) is 15.1 Å². The fraction of sp³-hybridized carbons (Fsp3) is 0.250. The molecule has 4 rings (SSSR count). The number of aromatic nitrogens is 2. The van der Waals surface area contributed by atoms with Gasteiger partial charge in [0.1, 0.15) is 0 Å². The van der Waals surface area contributed by atoms with E-state index in [1.807, 2.05) is 16.9 Å². The highest BCUT2D eigenvalue weighted by Crippen LogP contribution is 2.29. The Hall–Kier alpha value is -2.39. The van der Waals surface area contributed by atoms with E-state index < -0.39 is 0 Å². The van der Waals surface area contributed by atoms with Gasteiger partial charge in [-0.3, -0.25) is 0 Å². The number of hydrogen-bond acceptors (Lipinski definition) is 2. The van der Waals surface area contributed by atoms with E-state index in [2.05, 4.69) is 58.9 Å². The van der Waals surface area contributed by atoms with Gasteiger partial charge < -0.3 is 5.32 Å². The molecular weight excluding hydrogens is 282 g/mol. The molecule has 0 bridgehead atoms. The Morgan fingerprint density at radius 2 is 1.91 bits per heavy atom. The Kier molecular flexibility index (Phi) is 3.95. The maximum Gasteiger partial charge on any atom is 0.0645 e. The maximum atomic E-state index is 4.26. The lowest BCUT2D eigenvalue weighted by molar-refractivity contribution is 0.459. The van der Waals surface area contributed by atoms with Gasteiger partial charge in [0.2, 0.25) is 0 Å². The zero-order valence-electron chi connectivity index (χ0n) is 13.2. The van der Waals surface area contributed by atoms with E-state index in [9.17, 15) is 0 Å². The molecule has 23 heavy (non-hydrogen) atoms. The predicted molar refractivity (Wildman–Crippen MR) is 92.5 cm³/mol. The van der Waals surface area contributed by atoms with Crippen molar-refractivity contribution >= 4 is 0 Å². The summed E-state index contributed by atoms with van der Waals surface area (Å²) in [6.45, 7) is 0.901. The summed E-state index contributed by atoms with van der Waals surface area (Å²) in [4.78, 5) is 0. The molecule has 0 saturated carbocycles. The first-order valence-electron chi connectivity index (χ1n) is 8.30. The first-order valence-corrected chi connectivity index (χ1v) is 8.30. The quantitative estimate of drug-likeness (QED) is 0.788. The molecule has 2 aromatic carbocycles. The van der Waals surface area contributed by atoms with Gasteiger partial charge in [-0.1, -0.05) is 36.4 Å². The van der Waals surface area contributed by atoms with Gasteiger partial charge >= 0.3 is 0 Å². The summed E-state index contributed by atoms with van der Waals surface area (Å²) in [6.07, 6.45) is 7.48. The summed E-state index contributed by atoms with van der Waals surface area (Å²) >= 11 is 0. The van der Waals surface area contributed by atoms with Crippen LogP contribution in [0.1, 0.15) is 35.6 Å². The Bertz CT molecular complexity index is 760. The van der Waals surface area contributed by atoms with Crippen LogP contribution in [-0.4, -0.2) is 9.78 Å². The largest absolute Gasteiger partial charge is 0.306 e. The minimum Gasteiger partial charge on any atom is -0.306 e. The van der Waals surface area contributed by atoms with Crippen molar-refractivity contribution in [2.75, 3.05) is 0 Å². The summed E-state index contributed by atoms with van der Waals surface area (Å²) in [6, 6.07) is 19.9. The summed E-state index contributed by atoms with van der Waals surface area (Å²) in [5.74, 6) is 0. The second-order valence-corrected chi connectivity index (χ2v) is 6.14. The van der Waals surface area contributed by atoms with Crippen LogP contribution < -0.4 is 5.32 Å². The molecule has 0 radical (unpaired) electrons. The lowest BCUT2D eigenvalue weighted by atomic mass is 9.87. The first-order chi connectivity index (χ1) is 11.4. The fourth-order valence-electron chi connectivity index (χ4n) is 3.40. The Labute approximate surface area is 137 Å². The highest BCUT2D eigenvalue weighted by molar-refractivity contribution is 5.35. The number of benzene rings is 2. The van der Waals surface area contributed by atoms with Crippen LogP contribution in [-0.2, 0) is 13.0 Å². The van der Waals surface area contributed by atoms with Crippen molar-refractivity contribution in [3.8, 4) is 5.69 Å². The Balaban J connectivity index is 1.44. The maximum absolute atomic E-state index is 4.26. The van der Waals surface area contributed by atoms with Crippen LogP contribution in [0.4, 0.5) is 0 Å². The van der Waals surface area contributed by atoms with E-state index >= 15 is 0 Å². The molecule has 1 aromatic heterocycles. The third kappa shape index (κ3) is 3.06. The zero-order valence-corrected chi connectivity index (χ0v) is 13.2. The molecule has 0 spiro atoms. The van der Waals surface area contributed by atoms with Crippen LogP contribution >= 0.6 is 0 Å².